The average molecular weight is 172 g/mol. The largest absolute Gasteiger partial charge is 0.399 e. The van der Waals surface area contributed by atoms with Gasteiger partial charge in [0.25, 0.3) is 0 Å². The maximum absolute atomic E-state index is 12.8. The Labute approximate surface area is 68.9 Å². The lowest BCUT2D eigenvalue weighted by Gasteiger charge is -2.00. The molecule has 0 spiro atoms. The van der Waals surface area contributed by atoms with E-state index in [1.54, 1.807) is 6.07 Å². The van der Waals surface area contributed by atoms with Crippen molar-refractivity contribution in [3.8, 4) is 0 Å². The second kappa shape index (κ2) is 3.59. The van der Waals surface area contributed by atoms with Crippen LogP contribution in [0.2, 0.25) is 0 Å². The van der Waals surface area contributed by atoms with Gasteiger partial charge < -0.3 is 5.73 Å². The van der Waals surface area contributed by atoms with Gasteiger partial charge in [0.15, 0.2) is 0 Å². The van der Waals surface area contributed by atoms with E-state index in [0.29, 0.717) is 17.0 Å². The molecule has 1 aromatic carbocycles. The fourth-order valence-electron chi connectivity index (χ4n) is 0.795. The first-order chi connectivity index (χ1) is 5.24. The van der Waals surface area contributed by atoms with Crippen LogP contribution in [0.1, 0.15) is 5.56 Å². The van der Waals surface area contributed by atoms with E-state index in [0.717, 1.165) is 11.9 Å². The predicted octanol–water partition coefficient (Wildman–Crippen LogP) is 1.51. The van der Waals surface area contributed by atoms with E-state index in [4.69, 9.17) is 10.9 Å². The number of benzene rings is 1. The van der Waals surface area contributed by atoms with E-state index in [1.807, 2.05) is 0 Å². The van der Waals surface area contributed by atoms with Crippen molar-refractivity contribution >= 4 is 17.6 Å². The van der Waals surface area contributed by atoms with Crippen LogP contribution in [-0.4, -0.2) is 0 Å². The summed E-state index contributed by atoms with van der Waals surface area (Å²) in [7, 11) is 0. The molecule has 0 saturated heterocycles. The highest BCUT2D eigenvalue weighted by Crippen LogP contribution is 2.15. The second-order valence-corrected chi connectivity index (χ2v) is 2.78. The Morgan fingerprint density at radius 1 is 1.45 bits per heavy atom. The number of halogens is 1. The Bertz CT molecular complexity index is 252. The lowest BCUT2D eigenvalue weighted by molar-refractivity contribution is 0.617. The molecule has 11 heavy (non-hydrogen) atoms. The van der Waals surface area contributed by atoms with Crippen molar-refractivity contribution < 1.29 is 4.39 Å². The molecule has 1 aromatic rings. The summed E-state index contributed by atoms with van der Waals surface area (Å²) in [5.74, 6) is 0.203. The Hall–Kier alpha value is -0.740. The molecule has 2 nitrogen and oxygen atoms in total. The van der Waals surface area contributed by atoms with E-state index in [2.05, 4.69) is 0 Å². The van der Waals surface area contributed by atoms with Crippen LogP contribution in [0, 0.1) is 5.82 Å². The number of anilines is 1. The maximum Gasteiger partial charge on any atom is 0.127 e. The van der Waals surface area contributed by atoms with Gasteiger partial charge >= 0.3 is 0 Å². The van der Waals surface area contributed by atoms with Crippen LogP contribution in [0.4, 0.5) is 10.1 Å². The molecule has 0 aliphatic rings. The van der Waals surface area contributed by atoms with Gasteiger partial charge in [-0.1, -0.05) is 11.9 Å². The monoisotopic (exact) mass is 172 g/mol. The maximum atomic E-state index is 12.8. The van der Waals surface area contributed by atoms with E-state index < -0.39 is 0 Å². The van der Waals surface area contributed by atoms with Gasteiger partial charge in [-0.05, 0) is 18.2 Å². The predicted molar refractivity (Wildman–Crippen MR) is 46.3 cm³/mol. The van der Waals surface area contributed by atoms with Crippen molar-refractivity contribution in [2.24, 2.45) is 5.14 Å². The smallest absolute Gasteiger partial charge is 0.127 e. The molecule has 0 amide bonds. The number of hydrogen-bond acceptors (Lipinski definition) is 3. The summed E-state index contributed by atoms with van der Waals surface area (Å²) >= 11 is 1.08. The fourth-order valence-corrected chi connectivity index (χ4v) is 1.20. The molecule has 0 aliphatic heterocycles. The highest BCUT2D eigenvalue weighted by molar-refractivity contribution is 7.96. The molecule has 0 aromatic heterocycles. The van der Waals surface area contributed by atoms with Gasteiger partial charge in [-0.15, -0.1) is 0 Å². The van der Waals surface area contributed by atoms with Crippen LogP contribution >= 0.6 is 11.9 Å². The minimum Gasteiger partial charge on any atom is -0.399 e. The second-order valence-electron chi connectivity index (χ2n) is 2.16. The molecular weight excluding hydrogens is 163 g/mol. The first-order valence-corrected chi connectivity index (χ1v) is 4.14. The molecule has 0 unspecified atom stereocenters. The van der Waals surface area contributed by atoms with Crippen molar-refractivity contribution in [2.45, 2.75) is 5.75 Å². The number of rotatable bonds is 2. The van der Waals surface area contributed by atoms with Crippen LogP contribution in [-0.2, 0) is 5.75 Å². The van der Waals surface area contributed by atoms with Crippen molar-refractivity contribution in [3.63, 3.8) is 0 Å². The molecule has 0 bridgehead atoms. The number of nitrogens with two attached hydrogens (primary N) is 2. The average Bonchev–Trinajstić information content (AvgIpc) is 1.98. The molecule has 0 radical (unpaired) electrons. The van der Waals surface area contributed by atoms with E-state index in [9.17, 15) is 4.39 Å². The SMILES string of the molecule is NSCc1cc(N)ccc1F. The number of nitrogen functional groups attached to an aromatic ring is 1. The molecule has 0 fully saturated rings. The Morgan fingerprint density at radius 2 is 2.18 bits per heavy atom. The van der Waals surface area contributed by atoms with Gasteiger partial charge in [0.05, 0.1) is 0 Å². The zero-order valence-electron chi connectivity index (χ0n) is 5.88. The van der Waals surface area contributed by atoms with Gasteiger partial charge in [-0.25, -0.2) is 4.39 Å². The van der Waals surface area contributed by atoms with Crippen molar-refractivity contribution in [2.75, 3.05) is 5.73 Å². The highest BCUT2D eigenvalue weighted by Gasteiger charge is 2.00. The van der Waals surface area contributed by atoms with Crippen LogP contribution in [0.25, 0.3) is 0 Å². The minimum absolute atomic E-state index is 0.253. The molecule has 4 N–H and O–H groups in total. The summed E-state index contributed by atoms with van der Waals surface area (Å²) in [6, 6.07) is 4.47. The van der Waals surface area contributed by atoms with Gasteiger partial charge in [0, 0.05) is 17.0 Å². The van der Waals surface area contributed by atoms with E-state index in [-0.39, 0.29) is 5.82 Å². The molecule has 4 heteroatoms. The molecule has 60 valence electrons. The van der Waals surface area contributed by atoms with Gasteiger partial charge in [-0.3, -0.25) is 5.14 Å². The van der Waals surface area contributed by atoms with Crippen LogP contribution in [0.5, 0.6) is 0 Å². The van der Waals surface area contributed by atoms with Crippen LogP contribution < -0.4 is 10.9 Å². The first-order valence-electron chi connectivity index (χ1n) is 3.09. The summed E-state index contributed by atoms with van der Waals surface area (Å²) in [6.07, 6.45) is 0. The molecule has 0 atom stereocenters. The van der Waals surface area contributed by atoms with E-state index in [1.165, 1.54) is 12.1 Å². The Balaban J connectivity index is 2.93. The van der Waals surface area contributed by atoms with Gasteiger partial charge in [0.2, 0.25) is 0 Å². The topological polar surface area (TPSA) is 52.0 Å². The molecule has 0 saturated carbocycles. The normalized spacial score (nSPS) is 10.0. The quantitative estimate of drug-likeness (QED) is 0.525. The first kappa shape index (κ1) is 8.36. The lowest BCUT2D eigenvalue weighted by Crippen LogP contribution is -1.93. The van der Waals surface area contributed by atoms with Crippen molar-refractivity contribution in [1.82, 2.24) is 0 Å². The standard InChI is InChI=1S/C7H9FN2S/c8-7-2-1-6(9)3-5(7)4-11-10/h1-3H,4,9-10H2. The van der Waals surface area contributed by atoms with Gasteiger partial charge in [0.1, 0.15) is 5.82 Å². The molecule has 0 aliphatic carbocycles. The highest BCUT2D eigenvalue weighted by atomic mass is 32.2. The zero-order chi connectivity index (χ0) is 8.27. The Kier molecular flexibility index (Phi) is 2.73. The van der Waals surface area contributed by atoms with Gasteiger partial charge in [-0.2, -0.15) is 0 Å². The third-order valence-corrected chi connectivity index (χ3v) is 1.79. The minimum atomic E-state index is -0.253. The zero-order valence-corrected chi connectivity index (χ0v) is 6.70. The third-order valence-electron chi connectivity index (χ3n) is 1.31. The summed E-state index contributed by atoms with van der Waals surface area (Å²) in [5, 5.41) is 5.19. The molecule has 1 rings (SSSR count). The fraction of sp³-hybridized carbons (Fsp3) is 0.143. The number of hydrogen-bond donors (Lipinski definition) is 2. The third kappa shape index (κ3) is 2.10. The summed E-state index contributed by atoms with van der Waals surface area (Å²) in [4.78, 5) is 0. The Morgan fingerprint density at radius 3 is 2.82 bits per heavy atom. The summed E-state index contributed by atoms with van der Waals surface area (Å²) in [6.45, 7) is 0. The van der Waals surface area contributed by atoms with E-state index >= 15 is 0 Å². The van der Waals surface area contributed by atoms with Crippen LogP contribution in [0.15, 0.2) is 18.2 Å². The van der Waals surface area contributed by atoms with Crippen molar-refractivity contribution in [1.29, 1.82) is 0 Å². The summed E-state index contributed by atoms with van der Waals surface area (Å²) in [5.41, 5.74) is 6.56. The molecular formula is C7H9FN2S. The van der Waals surface area contributed by atoms with Crippen LogP contribution in [0.3, 0.4) is 0 Å². The lowest BCUT2D eigenvalue weighted by atomic mass is 10.2. The molecule has 0 heterocycles. The summed E-state index contributed by atoms with van der Waals surface area (Å²) < 4.78 is 12.8. The van der Waals surface area contributed by atoms with Crippen molar-refractivity contribution in [3.05, 3.63) is 29.6 Å².